The van der Waals surface area contributed by atoms with Gasteiger partial charge >= 0.3 is 0 Å². The van der Waals surface area contributed by atoms with Gasteiger partial charge in [-0.1, -0.05) is 12.7 Å². The molecule has 4 heteroatoms. The quantitative estimate of drug-likeness (QED) is 0.631. The van der Waals surface area contributed by atoms with E-state index < -0.39 is 0 Å². The highest BCUT2D eigenvalue weighted by atomic mass is 16.5. The summed E-state index contributed by atoms with van der Waals surface area (Å²) in [5.74, 6) is 0.636. The molecule has 0 aliphatic rings. The molecule has 0 aliphatic heterocycles. The summed E-state index contributed by atoms with van der Waals surface area (Å²) in [7, 11) is 0. The van der Waals surface area contributed by atoms with Crippen molar-refractivity contribution in [1.29, 1.82) is 0 Å². The third kappa shape index (κ3) is 1.51. The van der Waals surface area contributed by atoms with Gasteiger partial charge in [-0.25, -0.2) is 0 Å². The Bertz CT molecular complexity index is 219. The van der Waals surface area contributed by atoms with E-state index in [0.29, 0.717) is 12.5 Å². The Hall–Kier alpha value is -1.45. The number of nitrogens with two attached hydrogens (primary N) is 1. The predicted molar refractivity (Wildman–Crippen MR) is 36.6 cm³/mol. The van der Waals surface area contributed by atoms with E-state index in [4.69, 9.17) is 10.5 Å². The number of hydrogen-bond acceptors (Lipinski definition) is 4. The van der Waals surface area contributed by atoms with Crippen LogP contribution in [0.1, 0.15) is 0 Å². The molecule has 4 nitrogen and oxygen atoms in total. The zero-order chi connectivity index (χ0) is 7.40. The van der Waals surface area contributed by atoms with E-state index in [2.05, 4.69) is 16.3 Å². The number of aromatic nitrogens is 1. The van der Waals surface area contributed by atoms with Crippen LogP contribution in [-0.2, 0) is 0 Å². The summed E-state index contributed by atoms with van der Waals surface area (Å²) in [5, 5.41) is 3.48. The standard InChI is InChI=1S/C6H8N2O2/c1-2-3-9-6-4-5(7)10-8-6/h2,4H,1,3,7H2. The van der Waals surface area contributed by atoms with Crippen LogP contribution >= 0.6 is 0 Å². The van der Waals surface area contributed by atoms with Crippen LogP contribution in [-0.4, -0.2) is 11.8 Å². The van der Waals surface area contributed by atoms with Gasteiger partial charge in [-0.3, -0.25) is 0 Å². The summed E-state index contributed by atoms with van der Waals surface area (Å²) >= 11 is 0. The second kappa shape index (κ2) is 2.91. The molecule has 1 aromatic heterocycles. The molecule has 1 heterocycles. The largest absolute Gasteiger partial charge is 0.471 e. The van der Waals surface area contributed by atoms with Crippen molar-refractivity contribution in [3.63, 3.8) is 0 Å². The van der Waals surface area contributed by atoms with Crippen LogP contribution in [0.4, 0.5) is 5.88 Å². The fraction of sp³-hybridized carbons (Fsp3) is 0.167. The number of anilines is 1. The maximum absolute atomic E-state index is 5.22. The monoisotopic (exact) mass is 140 g/mol. The normalized spacial score (nSPS) is 9.20. The first-order chi connectivity index (χ1) is 4.83. The Morgan fingerprint density at radius 3 is 3.20 bits per heavy atom. The lowest BCUT2D eigenvalue weighted by atomic mass is 10.6. The van der Waals surface area contributed by atoms with E-state index in [-0.39, 0.29) is 5.88 Å². The zero-order valence-corrected chi connectivity index (χ0v) is 5.41. The molecule has 0 atom stereocenters. The summed E-state index contributed by atoms with van der Waals surface area (Å²) in [4.78, 5) is 0. The molecule has 2 N–H and O–H groups in total. The van der Waals surface area contributed by atoms with Gasteiger partial charge in [0.05, 0.1) is 6.07 Å². The van der Waals surface area contributed by atoms with Crippen molar-refractivity contribution in [2.24, 2.45) is 0 Å². The van der Waals surface area contributed by atoms with Crippen LogP contribution in [0.5, 0.6) is 5.88 Å². The highest BCUT2D eigenvalue weighted by molar-refractivity contribution is 5.27. The average Bonchev–Trinajstić information content (AvgIpc) is 2.31. The molecule has 0 amide bonds. The minimum absolute atomic E-state index is 0.249. The minimum atomic E-state index is 0.249. The second-order valence-electron chi connectivity index (χ2n) is 1.67. The van der Waals surface area contributed by atoms with Gasteiger partial charge < -0.3 is 15.0 Å². The van der Waals surface area contributed by atoms with Crippen molar-refractivity contribution in [2.75, 3.05) is 12.3 Å². The van der Waals surface area contributed by atoms with E-state index in [0.717, 1.165) is 0 Å². The van der Waals surface area contributed by atoms with Gasteiger partial charge in [0, 0.05) is 0 Å². The minimum Gasteiger partial charge on any atom is -0.471 e. The number of nitrogens with zero attached hydrogens (tertiary/aromatic N) is 1. The van der Waals surface area contributed by atoms with Gasteiger partial charge in [-0.05, 0) is 5.16 Å². The molecule has 0 spiro atoms. The third-order valence-electron chi connectivity index (χ3n) is 0.856. The van der Waals surface area contributed by atoms with Crippen LogP contribution in [0.25, 0.3) is 0 Å². The zero-order valence-electron chi connectivity index (χ0n) is 5.41. The lowest BCUT2D eigenvalue weighted by Crippen LogP contribution is -1.91. The SMILES string of the molecule is C=CCOc1cc(N)on1. The first-order valence-electron chi connectivity index (χ1n) is 2.79. The number of nitrogen functional groups attached to an aromatic ring is 1. The van der Waals surface area contributed by atoms with Crippen LogP contribution in [0.3, 0.4) is 0 Å². The molecule has 0 fully saturated rings. The summed E-state index contributed by atoms with van der Waals surface area (Å²) in [6, 6.07) is 1.50. The first kappa shape index (κ1) is 6.67. The predicted octanol–water partition coefficient (Wildman–Crippen LogP) is 0.822. The summed E-state index contributed by atoms with van der Waals surface area (Å²) in [6.45, 7) is 3.88. The third-order valence-corrected chi connectivity index (χ3v) is 0.856. The van der Waals surface area contributed by atoms with Gasteiger partial charge in [-0.15, -0.1) is 0 Å². The van der Waals surface area contributed by atoms with E-state index in [1.165, 1.54) is 6.07 Å². The highest BCUT2D eigenvalue weighted by Crippen LogP contribution is 2.11. The Balaban J connectivity index is 2.49. The van der Waals surface area contributed by atoms with E-state index >= 15 is 0 Å². The van der Waals surface area contributed by atoms with Crippen molar-refractivity contribution in [2.45, 2.75) is 0 Å². The molecule has 1 rings (SSSR count). The molecule has 0 aromatic carbocycles. The Kier molecular flexibility index (Phi) is 1.94. The van der Waals surface area contributed by atoms with E-state index in [1.807, 2.05) is 0 Å². The summed E-state index contributed by atoms with van der Waals surface area (Å²) in [5.41, 5.74) is 5.22. The van der Waals surface area contributed by atoms with Crippen LogP contribution in [0, 0.1) is 0 Å². The number of hydrogen-bond donors (Lipinski definition) is 1. The lowest BCUT2D eigenvalue weighted by Gasteiger charge is -1.92. The molecule has 0 unspecified atom stereocenters. The van der Waals surface area contributed by atoms with E-state index in [9.17, 15) is 0 Å². The van der Waals surface area contributed by atoms with Crippen molar-refractivity contribution in [1.82, 2.24) is 5.16 Å². The molecule has 1 aromatic rings. The van der Waals surface area contributed by atoms with Gasteiger partial charge in [0.1, 0.15) is 6.61 Å². The second-order valence-corrected chi connectivity index (χ2v) is 1.67. The van der Waals surface area contributed by atoms with Crippen LogP contribution in [0.2, 0.25) is 0 Å². The first-order valence-corrected chi connectivity index (χ1v) is 2.79. The van der Waals surface area contributed by atoms with Gasteiger partial charge in [0.2, 0.25) is 5.88 Å². The van der Waals surface area contributed by atoms with Gasteiger partial charge in [-0.2, -0.15) is 0 Å². The van der Waals surface area contributed by atoms with Crippen LogP contribution in [0.15, 0.2) is 23.2 Å². The number of rotatable bonds is 3. The Labute approximate surface area is 58.3 Å². The molecule has 0 saturated carbocycles. The van der Waals surface area contributed by atoms with Crippen molar-refractivity contribution in [3.05, 3.63) is 18.7 Å². The number of ether oxygens (including phenoxy) is 1. The van der Waals surface area contributed by atoms with Gasteiger partial charge in [0.25, 0.3) is 5.88 Å². The molecular weight excluding hydrogens is 132 g/mol. The molecule has 10 heavy (non-hydrogen) atoms. The van der Waals surface area contributed by atoms with Crippen molar-refractivity contribution < 1.29 is 9.26 Å². The molecule has 0 radical (unpaired) electrons. The maximum Gasteiger partial charge on any atom is 0.256 e. The summed E-state index contributed by atoms with van der Waals surface area (Å²) < 4.78 is 9.50. The topological polar surface area (TPSA) is 61.3 Å². The fourth-order valence-corrected chi connectivity index (χ4v) is 0.484. The van der Waals surface area contributed by atoms with Crippen molar-refractivity contribution >= 4 is 5.88 Å². The van der Waals surface area contributed by atoms with Gasteiger partial charge in [0.15, 0.2) is 0 Å². The average molecular weight is 140 g/mol. The van der Waals surface area contributed by atoms with Crippen LogP contribution < -0.4 is 10.5 Å². The Morgan fingerprint density at radius 1 is 1.90 bits per heavy atom. The Morgan fingerprint density at radius 2 is 2.70 bits per heavy atom. The summed E-state index contributed by atoms with van der Waals surface area (Å²) in [6.07, 6.45) is 1.62. The molecule has 54 valence electrons. The van der Waals surface area contributed by atoms with E-state index in [1.54, 1.807) is 6.08 Å². The highest BCUT2D eigenvalue weighted by Gasteiger charge is 1.97. The maximum atomic E-state index is 5.22. The molecule has 0 bridgehead atoms. The lowest BCUT2D eigenvalue weighted by molar-refractivity contribution is 0.313. The smallest absolute Gasteiger partial charge is 0.256 e. The molecule has 0 saturated heterocycles. The molecular formula is C6H8N2O2. The molecule has 0 aliphatic carbocycles. The van der Waals surface area contributed by atoms with Crippen molar-refractivity contribution in [3.8, 4) is 5.88 Å². The fourth-order valence-electron chi connectivity index (χ4n) is 0.484.